The van der Waals surface area contributed by atoms with Crippen LogP contribution < -0.4 is 5.32 Å². The van der Waals surface area contributed by atoms with Gasteiger partial charge in [-0.1, -0.05) is 19.0 Å². The lowest BCUT2D eigenvalue weighted by Crippen LogP contribution is -2.45. The van der Waals surface area contributed by atoms with E-state index in [0.29, 0.717) is 24.8 Å². The molecule has 0 aromatic carbocycles. The lowest BCUT2D eigenvalue weighted by atomic mass is 9.96. The molecule has 0 spiro atoms. The van der Waals surface area contributed by atoms with E-state index in [1.807, 2.05) is 0 Å². The number of aromatic amines is 1. The van der Waals surface area contributed by atoms with E-state index < -0.39 is 0 Å². The first-order chi connectivity index (χ1) is 12.7. The molecule has 2 aromatic rings. The number of likely N-dealkylation sites (tertiary alicyclic amines) is 1. The molecule has 142 valence electrons. The van der Waals surface area contributed by atoms with E-state index in [9.17, 15) is 0 Å². The van der Waals surface area contributed by atoms with E-state index in [2.05, 4.69) is 56.3 Å². The molecular formula is C17H28N8O. The van der Waals surface area contributed by atoms with Gasteiger partial charge >= 0.3 is 0 Å². The average Bonchev–Trinajstić information content (AvgIpc) is 3.33. The predicted octanol–water partition coefficient (Wildman–Crippen LogP) is 1.70. The molecule has 1 aliphatic heterocycles. The number of nitrogens with one attached hydrogen (secondary N) is 2. The minimum Gasteiger partial charge on any atom is -0.357 e. The monoisotopic (exact) mass is 360 g/mol. The first-order valence-electron chi connectivity index (χ1n) is 9.38. The molecule has 0 saturated carbocycles. The molecule has 3 rings (SSSR count). The molecule has 2 N–H and O–H groups in total. The van der Waals surface area contributed by atoms with Gasteiger partial charge in [0.15, 0.2) is 11.8 Å². The molecule has 0 aliphatic carbocycles. The minimum atomic E-state index is 0.277. The Bertz CT molecular complexity index is 685. The molecule has 1 aliphatic rings. The highest BCUT2D eigenvalue weighted by Gasteiger charge is 2.24. The van der Waals surface area contributed by atoms with Crippen LogP contribution in [-0.4, -0.2) is 62.4 Å². The maximum atomic E-state index is 5.29. The first-order valence-corrected chi connectivity index (χ1v) is 9.38. The van der Waals surface area contributed by atoms with E-state index in [4.69, 9.17) is 9.52 Å². The molecule has 26 heavy (non-hydrogen) atoms. The number of hydrogen-bond donors (Lipinski definition) is 2. The molecular weight excluding hydrogens is 332 g/mol. The van der Waals surface area contributed by atoms with Gasteiger partial charge in [-0.3, -0.25) is 10.1 Å². The Morgan fingerprint density at radius 2 is 2.23 bits per heavy atom. The van der Waals surface area contributed by atoms with Crippen LogP contribution in [0.3, 0.4) is 0 Å². The summed E-state index contributed by atoms with van der Waals surface area (Å²) < 4.78 is 5.29. The van der Waals surface area contributed by atoms with E-state index in [0.717, 1.165) is 50.1 Å². The maximum Gasteiger partial charge on any atom is 0.228 e. The van der Waals surface area contributed by atoms with Gasteiger partial charge in [0.2, 0.25) is 5.89 Å². The fourth-order valence-electron chi connectivity index (χ4n) is 3.06. The Hall–Kier alpha value is -2.45. The summed E-state index contributed by atoms with van der Waals surface area (Å²) in [5.74, 6) is 4.07. The zero-order valence-corrected chi connectivity index (χ0v) is 15.8. The van der Waals surface area contributed by atoms with Gasteiger partial charge in [-0.2, -0.15) is 10.1 Å². The van der Waals surface area contributed by atoms with Crippen molar-refractivity contribution in [2.24, 2.45) is 4.99 Å². The van der Waals surface area contributed by atoms with Crippen LogP contribution in [0.1, 0.15) is 63.0 Å². The van der Waals surface area contributed by atoms with Crippen LogP contribution in [0.2, 0.25) is 0 Å². The summed E-state index contributed by atoms with van der Waals surface area (Å²) in [5, 5.41) is 14.3. The number of piperidine rings is 1. The van der Waals surface area contributed by atoms with Crippen LogP contribution in [-0.2, 0) is 6.42 Å². The molecule has 9 heteroatoms. The largest absolute Gasteiger partial charge is 0.357 e. The van der Waals surface area contributed by atoms with Gasteiger partial charge in [0.05, 0.1) is 6.54 Å². The number of hydrogen-bond acceptors (Lipinski definition) is 6. The quantitative estimate of drug-likeness (QED) is 0.596. The van der Waals surface area contributed by atoms with Crippen molar-refractivity contribution in [3.8, 4) is 0 Å². The van der Waals surface area contributed by atoms with Crippen molar-refractivity contribution in [2.45, 2.75) is 51.9 Å². The fraction of sp³-hybridized carbons (Fsp3) is 0.706. The summed E-state index contributed by atoms with van der Waals surface area (Å²) in [7, 11) is 0. The number of rotatable bonds is 6. The summed E-state index contributed by atoms with van der Waals surface area (Å²) in [6, 6.07) is 0. The summed E-state index contributed by atoms with van der Waals surface area (Å²) in [5.41, 5.74) is 0. The van der Waals surface area contributed by atoms with Crippen molar-refractivity contribution in [1.29, 1.82) is 0 Å². The van der Waals surface area contributed by atoms with E-state index >= 15 is 0 Å². The number of nitrogens with zero attached hydrogens (tertiary/aromatic N) is 6. The lowest BCUT2D eigenvalue weighted by molar-refractivity contribution is 0.298. The molecule has 0 radical (unpaired) electrons. The standard InChI is InChI=1S/C17H28N8O/c1-4-18-17(19-8-5-14-22-15(12(2)3)24-26-14)25-9-6-13(7-10-25)16-20-11-21-23-16/h11-13H,4-10H2,1-3H3,(H,18,19)(H,20,21,23). The van der Waals surface area contributed by atoms with Crippen molar-refractivity contribution in [3.63, 3.8) is 0 Å². The third-order valence-electron chi connectivity index (χ3n) is 4.54. The van der Waals surface area contributed by atoms with Crippen LogP contribution >= 0.6 is 0 Å². The summed E-state index contributed by atoms with van der Waals surface area (Å²) in [6.07, 6.45) is 4.32. The molecule has 2 aromatic heterocycles. The van der Waals surface area contributed by atoms with Crippen molar-refractivity contribution >= 4 is 5.96 Å². The zero-order chi connectivity index (χ0) is 18.4. The van der Waals surface area contributed by atoms with Gasteiger partial charge < -0.3 is 14.7 Å². The molecule has 0 amide bonds. The van der Waals surface area contributed by atoms with Crippen LogP contribution in [0.5, 0.6) is 0 Å². The topological polar surface area (TPSA) is 108 Å². The van der Waals surface area contributed by atoms with Gasteiger partial charge in [-0.25, -0.2) is 4.98 Å². The number of aromatic nitrogens is 5. The van der Waals surface area contributed by atoms with Gasteiger partial charge in [-0.15, -0.1) is 0 Å². The lowest BCUT2D eigenvalue weighted by Gasteiger charge is -2.33. The summed E-state index contributed by atoms with van der Waals surface area (Å²) in [4.78, 5) is 15.7. The molecule has 0 bridgehead atoms. The van der Waals surface area contributed by atoms with Gasteiger partial charge in [0.25, 0.3) is 0 Å². The Kier molecular flexibility index (Phi) is 6.19. The Morgan fingerprint density at radius 3 is 2.85 bits per heavy atom. The van der Waals surface area contributed by atoms with Gasteiger partial charge in [0, 0.05) is 37.9 Å². The molecule has 9 nitrogen and oxygen atoms in total. The molecule has 0 unspecified atom stereocenters. The van der Waals surface area contributed by atoms with Crippen molar-refractivity contribution < 1.29 is 4.52 Å². The van der Waals surface area contributed by atoms with Crippen molar-refractivity contribution in [2.75, 3.05) is 26.2 Å². The first kappa shape index (κ1) is 18.3. The zero-order valence-electron chi connectivity index (χ0n) is 15.8. The Morgan fingerprint density at radius 1 is 1.42 bits per heavy atom. The van der Waals surface area contributed by atoms with E-state index in [1.54, 1.807) is 6.33 Å². The second kappa shape index (κ2) is 8.77. The average molecular weight is 360 g/mol. The van der Waals surface area contributed by atoms with Crippen LogP contribution in [0.15, 0.2) is 15.8 Å². The van der Waals surface area contributed by atoms with Crippen LogP contribution in [0.4, 0.5) is 0 Å². The molecule has 3 heterocycles. The highest BCUT2D eigenvalue weighted by atomic mass is 16.5. The fourth-order valence-corrected chi connectivity index (χ4v) is 3.06. The van der Waals surface area contributed by atoms with E-state index in [-0.39, 0.29) is 5.92 Å². The number of H-pyrrole nitrogens is 1. The van der Waals surface area contributed by atoms with Crippen LogP contribution in [0, 0.1) is 0 Å². The Balaban J connectivity index is 1.53. The molecule has 1 fully saturated rings. The smallest absolute Gasteiger partial charge is 0.228 e. The normalized spacial score (nSPS) is 16.5. The Labute approximate surface area is 153 Å². The van der Waals surface area contributed by atoms with Gasteiger partial charge in [-0.05, 0) is 19.8 Å². The second-order valence-corrected chi connectivity index (χ2v) is 6.82. The number of guanidine groups is 1. The summed E-state index contributed by atoms with van der Waals surface area (Å²) >= 11 is 0. The molecule has 0 atom stereocenters. The predicted molar refractivity (Wildman–Crippen MR) is 98.0 cm³/mol. The second-order valence-electron chi connectivity index (χ2n) is 6.82. The van der Waals surface area contributed by atoms with Crippen LogP contribution in [0.25, 0.3) is 0 Å². The third kappa shape index (κ3) is 4.59. The highest BCUT2D eigenvalue weighted by Crippen LogP contribution is 2.24. The molecule has 1 saturated heterocycles. The van der Waals surface area contributed by atoms with Crippen molar-refractivity contribution in [3.05, 3.63) is 23.9 Å². The highest BCUT2D eigenvalue weighted by molar-refractivity contribution is 5.80. The van der Waals surface area contributed by atoms with Gasteiger partial charge in [0.1, 0.15) is 12.2 Å². The SMILES string of the molecule is CCNC(=NCCc1nc(C(C)C)no1)N1CCC(c2ncn[nH]2)CC1. The number of aliphatic imine (C=N–C) groups is 1. The van der Waals surface area contributed by atoms with E-state index in [1.165, 1.54) is 0 Å². The third-order valence-corrected chi connectivity index (χ3v) is 4.54. The minimum absolute atomic E-state index is 0.277. The maximum absolute atomic E-state index is 5.29. The summed E-state index contributed by atoms with van der Waals surface area (Å²) in [6.45, 7) is 9.58. The van der Waals surface area contributed by atoms with Crippen molar-refractivity contribution in [1.82, 2.24) is 35.5 Å².